The molecule has 6 aromatic rings. The summed E-state index contributed by atoms with van der Waals surface area (Å²) in [5.41, 5.74) is 17.0. The highest BCUT2D eigenvalue weighted by molar-refractivity contribution is 5.91. The first kappa shape index (κ1) is 23.8. The maximum atomic E-state index is 6.69. The van der Waals surface area contributed by atoms with E-state index in [2.05, 4.69) is 87.7 Å². The molecule has 1 fully saturated rings. The highest BCUT2D eigenvalue weighted by atomic mass is 15.2. The largest absolute Gasteiger partial charge is 0.338 e. The second kappa shape index (κ2) is 9.25. The minimum atomic E-state index is -0.210. The third-order valence-corrected chi connectivity index (χ3v) is 8.48. The summed E-state index contributed by atoms with van der Waals surface area (Å²) in [5, 5.41) is 3.55. The molecule has 0 unspecified atom stereocenters. The normalized spacial score (nSPS) is 14.6. The Morgan fingerprint density at radius 2 is 1.41 bits per heavy atom. The van der Waals surface area contributed by atoms with Crippen LogP contribution in [0.4, 0.5) is 11.5 Å². The molecule has 3 aromatic heterocycles. The van der Waals surface area contributed by atoms with Gasteiger partial charge in [-0.2, -0.15) is 0 Å². The van der Waals surface area contributed by atoms with Gasteiger partial charge in [-0.15, -0.1) is 0 Å². The fourth-order valence-electron chi connectivity index (χ4n) is 6.06. The lowest BCUT2D eigenvalue weighted by molar-refractivity contribution is 0.253. The van der Waals surface area contributed by atoms with Crippen molar-refractivity contribution in [2.75, 3.05) is 5.32 Å². The molecule has 0 atom stereocenters. The van der Waals surface area contributed by atoms with Crippen LogP contribution in [-0.2, 0) is 5.54 Å². The summed E-state index contributed by atoms with van der Waals surface area (Å²) < 4.78 is 2.25. The molecule has 1 aliphatic heterocycles. The molecule has 6 heteroatoms. The molecule has 4 heterocycles. The smallest absolute Gasteiger partial charge is 0.154 e. The molecule has 0 spiro atoms. The minimum absolute atomic E-state index is 0.210. The van der Waals surface area contributed by atoms with Gasteiger partial charge < -0.3 is 11.1 Å². The van der Waals surface area contributed by atoms with Crippen LogP contribution in [0.25, 0.3) is 50.7 Å². The SMILES string of the molecule is NC1(c2ccc(-c3c(-c4ccc(-c5ccncc5)cc4)nc4n3-c3cccnc3Nc3ccccc3-4)cc2)CCC1. The summed E-state index contributed by atoms with van der Waals surface area (Å²) in [6.45, 7) is 0. The molecule has 2 aliphatic rings. The van der Waals surface area contributed by atoms with E-state index in [0.29, 0.717) is 0 Å². The fraction of sp³-hybridized carbons (Fsp3) is 0.114. The average Bonchev–Trinajstić information content (AvgIpc) is 3.35. The van der Waals surface area contributed by atoms with Crippen molar-refractivity contribution in [3.05, 3.63) is 121 Å². The van der Waals surface area contributed by atoms with Crippen molar-refractivity contribution in [3.63, 3.8) is 0 Å². The van der Waals surface area contributed by atoms with Crippen LogP contribution in [0, 0.1) is 0 Å². The Bertz CT molecular complexity index is 1880. The van der Waals surface area contributed by atoms with Crippen LogP contribution in [0.2, 0.25) is 0 Å². The van der Waals surface area contributed by atoms with Crippen molar-refractivity contribution < 1.29 is 0 Å². The summed E-state index contributed by atoms with van der Waals surface area (Å²) >= 11 is 0. The predicted octanol–water partition coefficient (Wildman–Crippen LogP) is 7.73. The number of anilines is 2. The molecule has 0 amide bonds. The first-order chi connectivity index (χ1) is 20.2. The van der Waals surface area contributed by atoms with Crippen LogP contribution in [-0.4, -0.2) is 19.5 Å². The van der Waals surface area contributed by atoms with Crippen molar-refractivity contribution >= 4 is 11.5 Å². The number of hydrogen-bond acceptors (Lipinski definition) is 5. The van der Waals surface area contributed by atoms with Gasteiger partial charge >= 0.3 is 0 Å². The van der Waals surface area contributed by atoms with Gasteiger partial charge in [0.2, 0.25) is 0 Å². The number of benzene rings is 3. The molecule has 3 N–H and O–H groups in total. The Balaban J connectivity index is 1.37. The molecule has 1 saturated carbocycles. The first-order valence-corrected chi connectivity index (χ1v) is 14.0. The first-order valence-electron chi connectivity index (χ1n) is 14.0. The van der Waals surface area contributed by atoms with Crippen LogP contribution < -0.4 is 11.1 Å². The Hall–Kier alpha value is -5.07. The summed E-state index contributed by atoms with van der Waals surface area (Å²) in [7, 11) is 0. The van der Waals surface area contributed by atoms with Crippen molar-refractivity contribution in [2.24, 2.45) is 5.73 Å². The number of nitrogens with zero attached hydrogens (tertiary/aromatic N) is 4. The number of nitrogens with two attached hydrogens (primary N) is 1. The van der Waals surface area contributed by atoms with E-state index in [0.717, 1.165) is 75.1 Å². The van der Waals surface area contributed by atoms with Crippen molar-refractivity contribution in [2.45, 2.75) is 24.8 Å². The Morgan fingerprint density at radius 1 is 0.707 bits per heavy atom. The van der Waals surface area contributed by atoms with Gasteiger partial charge in [0.25, 0.3) is 0 Å². The monoisotopic (exact) mass is 532 g/mol. The van der Waals surface area contributed by atoms with E-state index in [4.69, 9.17) is 15.7 Å². The third kappa shape index (κ3) is 3.87. The number of fused-ring (bicyclic) bond motifs is 5. The Labute approximate surface area is 238 Å². The molecule has 0 saturated heterocycles. The summed E-state index contributed by atoms with van der Waals surface area (Å²) in [6.07, 6.45) is 8.72. The lowest BCUT2D eigenvalue weighted by Gasteiger charge is -2.38. The van der Waals surface area contributed by atoms with E-state index >= 15 is 0 Å². The quantitative estimate of drug-likeness (QED) is 0.242. The number of aromatic nitrogens is 4. The van der Waals surface area contributed by atoms with Gasteiger partial charge in [0.1, 0.15) is 5.82 Å². The topological polar surface area (TPSA) is 81.7 Å². The number of rotatable bonds is 4. The molecule has 8 rings (SSSR count). The Morgan fingerprint density at radius 3 is 2.17 bits per heavy atom. The van der Waals surface area contributed by atoms with E-state index in [-0.39, 0.29) is 5.54 Å². The van der Waals surface area contributed by atoms with Gasteiger partial charge in [0.15, 0.2) is 5.82 Å². The molecule has 198 valence electrons. The van der Waals surface area contributed by atoms with Crippen LogP contribution in [0.1, 0.15) is 24.8 Å². The Kier molecular flexibility index (Phi) is 5.37. The summed E-state index contributed by atoms with van der Waals surface area (Å²) in [6, 6.07) is 33.8. The predicted molar refractivity (Wildman–Crippen MR) is 164 cm³/mol. The van der Waals surface area contributed by atoms with Crippen LogP contribution >= 0.6 is 0 Å². The minimum Gasteiger partial charge on any atom is -0.338 e. The number of imidazole rings is 1. The summed E-state index contributed by atoms with van der Waals surface area (Å²) in [4.78, 5) is 14.2. The maximum Gasteiger partial charge on any atom is 0.154 e. The molecular weight excluding hydrogens is 504 g/mol. The van der Waals surface area contributed by atoms with Gasteiger partial charge in [0.05, 0.1) is 22.8 Å². The van der Waals surface area contributed by atoms with Gasteiger partial charge in [-0.25, -0.2) is 9.97 Å². The molecule has 0 bridgehead atoms. The standard InChI is InChI=1S/C35H28N6/c36-35(18-4-19-35)27-14-12-26(13-15-27)32-31(25-10-8-23(9-11-25)24-16-21-37-22-17-24)40-34-28-5-1-2-6-29(28)39-33-30(41(32)34)7-3-20-38-33/h1-3,5-17,20-22H,4,18-19,36H2,(H,38,39). The highest BCUT2D eigenvalue weighted by Gasteiger charge is 2.34. The van der Waals surface area contributed by atoms with E-state index in [1.807, 2.05) is 42.9 Å². The number of para-hydroxylation sites is 1. The molecule has 3 aromatic carbocycles. The molecule has 1 aliphatic carbocycles. The average molecular weight is 533 g/mol. The molecule has 0 radical (unpaired) electrons. The summed E-state index contributed by atoms with van der Waals surface area (Å²) in [5.74, 6) is 1.67. The molecule has 6 nitrogen and oxygen atoms in total. The van der Waals surface area contributed by atoms with Crippen molar-refractivity contribution in [3.8, 4) is 50.7 Å². The van der Waals surface area contributed by atoms with E-state index in [1.165, 1.54) is 12.0 Å². The number of hydrogen-bond donors (Lipinski definition) is 2. The van der Waals surface area contributed by atoms with Crippen LogP contribution in [0.5, 0.6) is 0 Å². The third-order valence-electron chi connectivity index (χ3n) is 8.48. The fourth-order valence-corrected chi connectivity index (χ4v) is 6.06. The second-order valence-electron chi connectivity index (χ2n) is 10.9. The zero-order valence-corrected chi connectivity index (χ0v) is 22.5. The second-order valence-corrected chi connectivity index (χ2v) is 10.9. The van der Waals surface area contributed by atoms with Crippen LogP contribution in [0.15, 0.2) is 116 Å². The highest BCUT2D eigenvalue weighted by Crippen LogP contribution is 2.45. The zero-order chi connectivity index (χ0) is 27.4. The van der Waals surface area contributed by atoms with Crippen molar-refractivity contribution in [1.82, 2.24) is 19.5 Å². The molecular formula is C35H28N6. The number of pyridine rings is 2. The van der Waals surface area contributed by atoms with Gasteiger partial charge in [-0.05, 0) is 72.4 Å². The van der Waals surface area contributed by atoms with E-state index < -0.39 is 0 Å². The number of nitrogens with one attached hydrogen (secondary N) is 1. The van der Waals surface area contributed by atoms with E-state index in [1.54, 1.807) is 0 Å². The van der Waals surface area contributed by atoms with Crippen LogP contribution in [0.3, 0.4) is 0 Å². The zero-order valence-electron chi connectivity index (χ0n) is 22.5. The van der Waals surface area contributed by atoms with E-state index in [9.17, 15) is 0 Å². The molecule has 41 heavy (non-hydrogen) atoms. The van der Waals surface area contributed by atoms with Gasteiger partial charge in [-0.1, -0.05) is 60.7 Å². The van der Waals surface area contributed by atoms with Crippen molar-refractivity contribution in [1.29, 1.82) is 0 Å². The van der Waals surface area contributed by atoms with Gasteiger partial charge in [0, 0.05) is 40.8 Å². The maximum absolute atomic E-state index is 6.69. The van der Waals surface area contributed by atoms with Gasteiger partial charge in [-0.3, -0.25) is 9.55 Å². The lowest BCUT2D eigenvalue weighted by atomic mass is 9.72. The lowest BCUT2D eigenvalue weighted by Crippen LogP contribution is -2.43.